The molecule has 1 aliphatic heterocycles. The van der Waals surface area contributed by atoms with Crippen LogP contribution < -0.4 is 4.74 Å². The largest absolute Gasteiger partial charge is 0.490 e. The molecule has 0 aliphatic carbocycles. The molecule has 4 aromatic rings. The Balaban J connectivity index is 1.53. The van der Waals surface area contributed by atoms with Gasteiger partial charge in [-0.15, -0.1) is 0 Å². The van der Waals surface area contributed by atoms with Crippen molar-refractivity contribution in [2.45, 2.75) is 26.2 Å². The van der Waals surface area contributed by atoms with Gasteiger partial charge in [0.25, 0.3) is 12.2 Å². The molecule has 0 fully saturated rings. The van der Waals surface area contributed by atoms with E-state index in [0.717, 1.165) is 21.9 Å². The van der Waals surface area contributed by atoms with Crippen LogP contribution in [0, 0.1) is 11.3 Å². The van der Waals surface area contributed by atoms with Gasteiger partial charge in [0.1, 0.15) is 24.3 Å². The Morgan fingerprint density at radius 2 is 1.78 bits per heavy atom. The lowest BCUT2D eigenvalue weighted by Gasteiger charge is -2.14. The first-order valence-electron chi connectivity index (χ1n) is 10.2. The molecule has 7 nitrogen and oxygen atoms in total. The molecular weight excluding hydrogens is 406 g/mol. The zero-order valence-corrected chi connectivity index (χ0v) is 17.5. The molecule has 0 atom stereocenters. The maximum absolute atomic E-state index is 9.50. The van der Waals surface area contributed by atoms with Gasteiger partial charge in [0, 0.05) is 16.7 Å². The van der Waals surface area contributed by atoms with Crippen molar-refractivity contribution in [1.82, 2.24) is 10.1 Å². The normalized spacial score (nSPS) is 13.2. The molecule has 0 radical (unpaired) electrons. The standard InChI is InChI=1S/C25H19N3O4/c1-15(2)31-22-10-7-16(13-17(22)14-26)23-27-24(32-28-23)20-8-9-21(25-29-11-12-30-25)19-6-4-3-5-18(19)20/h3-13,15,25H,1-2H3. The molecule has 1 aliphatic rings. The highest BCUT2D eigenvalue weighted by Crippen LogP contribution is 2.36. The van der Waals surface area contributed by atoms with Gasteiger partial charge in [0.05, 0.1) is 11.7 Å². The summed E-state index contributed by atoms with van der Waals surface area (Å²) in [5.74, 6) is 1.31. The summed E-state index contributed by atoms with van der Waals surface area (Å²) in [5.41, 5.74) is 2.80. The van der Waals surface area contributed by atoms with Crippen LogP contribution in [0.4, 0.5) is 0 Å². The number of ether oxygens (including phenoxy) is 3. The van der Waals surface area contributed by atoms with Crippen LogP contribution in [0.3, 0.4) is 0 Å². The zero-order valence-electron chi connectivity index (χ0n) is 17.5. The highest BCUT2D eigenvalue weighted by Gasteiger charge is 2.21. The van der Waals surface area contributed by atoms with Gasteiger partial charge >= 0.3 is 0 Å². The van der Waals surface area contributed by atoms with Crippen molar-refractivity contribution < 1.29 is 18.7 Å². The minimum Gasteiger partial charge on any atom is -0.490 e. The molecule has 158 valence electrons. The smallest absolute Gasteiger partial charge is 0.266 e. The van der Waals surface area contributed by atoms with E-state index in [1.807, 2.05) is 56.3 Å². The average molecular weight is 425 g/mol. The highest BCUT2D eigenvalue weighted by molar-refractivity contribution is 5.97. The van der Waals surface area contributed by atoms with Gasteiger partial charge < -0.3 is 18.7 Å². The molecule has 2 heterocycles. The molecular formula is C25H19N3O4. The summed E-state index contributed by atoms with van der Waals surface area (Å²) in [6.45, 7) is 3.83. The van der Waals surface area contributed by atoms with Crippen LogP contribution >= 0.6 is 0 Å². The summed E-state index contributed by atoms with van der Waals surface area (Å²) in [6.07, 6.45) is 2.55. The number of hydrogen-bond acceptors (Lipinski definition) is 7. The zero-order chi connectivity index (χ0) is 22.1. The fraction of sp³-hybridized carbons (Fsp3) is 0.160. The van der Waals surface area contributed by atoms with E-state index >= 15 is 0 Å². The molecule has 0 bridgehead atoms. The lowest BCUT2D eigenvalue weighted by Crippen LogP contribution is -2.06. The molecule has 0 amide bonds. The molecule has 0 spiro atoms. The van der Waals surface area contributed by atoms with E-state index in [1.54, 1.807) is 12.1 Å². The third-order valence-corrected chi connectivity index (χ3v) is 5.05. The van der Waals surface area contributed by atoms with Crippen LogP contribution in [0.1, 0.15) is 31.3 Å². The Morgan fingerprint density at radius 1 is 1.00 bits per heavy atom. The molecule has 5 rings (SSSR count). The topological polar surface area (TPSA) is 90.4 Å². The van der Waals surface area contributed by atoms with Crippen LogP contribution in [-0.4, -0.2) is 16.2 Å². The summed E-state index contributed by atoms with van der Waals surface area (Å²) in [6, 6.07) is 19.2. The Labute approximate surface area is 184 Å². The fourth-order valence-corrected chi connectivity index (χ4v) is 3.66. The van der Waals surface area contributed by atoms with Gasteiger partial charge in [-0.05, 0) is 48.9 Å². The van der Waals surface area contributed by atoms with Crippen LogP contribution in [0.5, 0.6) is 5.75 Å². The predicted octanol–water partition coefficient (Wildman–Crippen LogP) is 5.73. The number of benzene rings is 3. The third-order valence-electron chi connectivity index (χ3n) is 5.05. The predicted molar refractivity (Wildman–Crippen MR) is 117 cm³/mol. The first-order valence-corrected chi connectivity index (χ1v) is 10.2. The van der Waals surface area contributed by atoms with E-state index in [9.17, 15) is 5.26 Å². The first-order chi connectivity index (χ1) is 15.6. The number of aromatic nitrogens is 2. The third kappa shape index (κ3) is 3.52. The second kappa shape index (κ2) is 8.08. The Kier molecular flexibility index (Phi) is 4.96. The van der Waals surface area contributed by atoms with Crippen molar-refractivity contribution in [3.63, 3.8) is 0 Å². The van der Waals surface area contributed by atoms with E-state index in [4.69, 9.17) is 18.7 Å². The summed E-state index contributed by atoms with van der Waals surface area (Å²) >= 11 is 0. The second-order valence-electron chi connectivity index (χ2n) is 7.54. The molecule has 0 saturated heterocycles. The quantitative estimate of drug-likeness (QED) is 0.403. The van der Waals surface area contributed by atoms with Gasteiger partial charge in [-0.1, -0.05) is 35.5 Å². The highest BCUT2D eigenvalue weighted by atomic mass is 16.7. The molecule has 32 heavy (non-hydrogen) atoms. The minimum absolute atomic E-state index is 0.0307. The van der Waals surface area contributed by atoms with E-state index in [2.05, 4.69) is 16.2 Å². The minimum atomic E-state index is -0.483. The van der Waals surface area contributed by atoms with Crippen molar-refractivity contribution in [3.8, 4) is 34.7 Å². The van der Waals surface area contributed by atoms with Gasteiger partial charge in [0.15, 0.2) is 0 Å². The fourth-order valence-electron chi connectivity index (χ4n) is 3.66. The Hall–Kier alpha value is -4.31. The lowest BCUT2D eigenvalue weighted by molar-refractivity contribution is -0.0234. The molecule has 7 heteroatoms. The van der Waals surface area contributed by atoms with E-state index in [1.165, 1.54) is 12.5 Å². The number of fused-ring (bicyclic) bond motifs is 1. The van der Waals surface area contributed by atoms with Gasteiger partial charge in [-0.3, -0.25) is 0 Å². The van der Waals surface area contributed by atoms with E-state index < -0.39 is 6.29 Å². The number of nitrogens with zero attached hydrogens (tertiary/aromatic N) is 3. The Bertz CT molecular complexity index is 1360. The summed E-state index contributed by atoms with van der Waals surface area (Å²) in [7, 11) is 0. The number of rotatable bonds is 5. The average Bonchev–Trinajstić information content (AvgIpc) is 3.51. The maximum Gasteiger partial charge on any atom is 0.266 e. The monoisotopic (exact) mass is 425 g/mol. The molecule has 0 N–H and O–H groups in total. The SMILES string of the molecule is CC(C)Oc1ccc(-c2noc(-c3ccc(C4OC=CO4)c4ccccc34)n2)cc1C#N. The molecule has 0 saturated carbocycles. The van der Waals surface area contributed by atoms with Crippen molar-refractivity contribution in [2.24, 2.45) is 0 Å². The van der Waals surface area contributed by atoms with Crippen LogP contribution in [0.15, 0.2) is 71.6 Å². The van der Waals surface area contributed by atoms with Crippen LogP contribution in [0.2, 0.25) is 0 Å². The van der Waals surface area contributed by atoms with Gasteiger partial charge in [0.2, 0.25) is 5.82 Å². The van der Waals surface area contributed by atoms with Gasteiger partial charge in [-0.2, -0.15) is 10.2 Å². The van der Waals surface area contributed by atoms with Crippen LogP contribution in [0.25, 0.3) is 33.6 Å². The lowest BCUT2D eigenvalue weighted by atomic mass is 9.99. The maximum atomic E-state index is 9.50. The Morgan fingerprint density at radius 3 is 2.53 bits per heavy atom. The number of nitriles is 1. The van der Waals surface area contributed by atoms with Crippen LogP contribution in [-0.2, 0) is 9.47 Å². The first kappa shape index (κ1) is 19.6. The summed E-state index contributed by atoms with van der Waals surface area (Å²) in [5, 5.41) is 15.6. The molecule has 3 aromatic carbocycles. The van der Waals surface area contributed by atoms with Crippen molar-refractivity contribution >= 4 is 10.8 Å². The second-order valence-corrected chi connectivity index (χ2v) is 7.54. The number of hydrogen-bond donors (Lipinski definition) is 0. The van der Waals surface area contributed by atoms with Crippen molar-refractivity contribution in [1.29, 1.82) is 5.26 Å². The van der Waals surface area contributed by atoms with Crippen molar-refractivity contribution in [2.75, 3.05) is 0 Å². The van der Waals surface area contributed by atoms with E-state index in [0.29, 0.717) is 28.6 Å². The molecule has 0 unspecified atom stereocenters. The summed E-state index contributed by atoms with van der Waals surface area (Å²) in [4.78, 5) is 4.59. The molecule has 1 aromatic heterocycles. The van der Waals surface area contributed by atoms with E-state index in [-0.39, 0.29) is 6.10 Å². The summed E-state index contributed by atoms with van der Waals surface area (Å²) < 4.78 is 22.3. The van der Waals surface area contributed by atoms with Crippen molar-refractivity contribution in [3.05, 3.63) is 78.2 Å². The van der Waals surface area contributed by atoms with Gasteiger partial charge in [-0.25, -0.2) is 0 Å².